The smallest absolute Gasteiger partial charge is 0.129 e. The second-order valence-corrected chi connectivity index (χ2v) is 13.1. The van der Waals surface area contributed by atoms with Gasteiger partial charge in [-0.2, -0.15) is 0 Å². The van der Waals surface area contributed by atoms with E-state index in [0.717, 1.165) is 42.4 Å². The number of hydrogen-bond donors (Lipinski definition) is 2. The number of allylic oxidation sites excluding steroid dienone is 1. The quantitative estimate of drug-likeness (QED) is 0.242. The highest BCUT2D eigenvalue weighted by atomic mass is 17.1. The van der Waals surface area contributed by atoms with Crippen molar-refractivity contribution >= 4 is 0 Å². The van der Waals surface area contributed by atoms with Crippen LogP contribution in [-0.4, -0.2) is 22.1 Å². The van der Waals surface area contributed by atoms with E-state index in [2.05, 4.69) is 53.7 Å². The molecule has 0 aromatic carbocycles. The largest absolute Gasteiger partial charge is 0.393 e. The Hall–Kier alpha value is -0.380. The number of aliphatic hydroxyl groups is 1. The van der Waals surface area contributed by atoms with Crippen LogP contribution in [0.25, 0.3) is 0 Å². The SMILES string of the molecule is CC[C@H](CC[C@@H](C)[C@H]1CC[C@H]2[C@@H]3C=C[C@@]4(OO)C[C@@H](O)CC[C@]4(C)[C@H]3CC[C@]12C)C(C)C. The molecule has 3 nitrogen and oxygen atoms in total. The molecule has 0 heterocycles. The summed E-state index contributed by atoms with van der Waals surface area (Å²) in [7, 11) is 0. The van der Waals surface area contributed by atoms with Crippen LogP contribution in [0.3, 0.4) is 0 Å². The molecule has 10 atom stereocenters. The number of hydrogen-bond acceptors (Lipinski definition) is 3. The van der Waals surface area contributed by atoms with E-state index in [-0.39, 0.29) is 11.5 Å². The standard InChI is InChI=1S/C29H50O3/c1-7-21(19(2)3)9-8-20(4)24-10-11-25-23-13-17-29(32-31)18-22(30)12-16-28(29,6)26(23)14-15-27(24,25)5/h13,17,19-26,30-31H,7-12,14-16,18H2,1-6H3/t20-,21-,22+,23+,24-,25+,26+,27-,28-,29-/m1/s1. The highest BCUT2D eigenvalue weighted by Crippen LogP contribution is 2.68. The van der Waals surface area contributed by atoms with Gasteiger partial charge in [0.15, 0.2) is 0 Å². The van der Waals surface area contributed by atoms with Gasteiger partial charge in [0.2, 0.25) is 0 Å². The van der Waals surface area contributed by atoms with E-state index < -0.39 is 5.60 Å². The molecular weight excluding hydrogens is 396 g/mol. The summed E-state index contributed by atoms with van der Waals surface area (Å²) < 4.78 is 0. The first-order valence-corrected chi connectivity index (χ1v) is 13.8. The molecule has 0 aromatic rings. The van der Waals surface area contributed by atoms with Crippen molar-refractivity contribution in [2.45, 2.75) is 117 Å². The van der Waals surface area contributed by atoms with Crippen molar-refractivity contribution < 1.29 is 15.3 Å². The summed E-state index contributed by atoms with van der Waals surface area (Å²) in [4.78, 5) is 5.24. The number of rotatable bonds is 7. The Balaban J connectivity index is 1.53. The molecule has 0 bridgehead atoms. The lowest BCUT2D eigenvalue weighted by Gasteiger charge is -2.62. The molecule has 0 spiro atoms. The van der Waals surface area contributed by atoms with Crippen LogP contribution in [0.2, 0.25) is 0 Å². The molecule has 184 valence electrons. The zero-order chi connectivity index (χ0) is 23.3. The van der Waals surface area contributed by atoms with Gasteiger partial charge in [0.05, 0.1) is 6.10 Å². The number of aliphatic hydroxyl groups excluding tert-OH is 1. The van der Waals surface area contributed by atoms with Crippen molar-refractivity contribution in [3.63, 3.8) is 0 Å². The summed E-state index contributed by atoms with van der Waals surface area (Å²) in [6, 6.07) is 0. The summed E-state index contributed by atoms with van der Waals surface area (Å²) in [5.74, 6) is 5.20. The minimum Gasteiger partial charge on any atom is -0.393 e. The van der Waals surface area contributed by atoms with E-state index >= 15 is 0 Å². The van der Waals surface area contributed by atoms with Crippen molar-refractivity contribution in [3.05, 3.63) is 12.2 Å². The normalized spacial score (nSPS) is 47.6. The van der Waals surface area contributed by atoms with Gasteiger partial charge in [-0.15, -0.1) is 0 Å². The average molecular weight is 447 g/mol. The maximum absolute atomic E-state index is 10.4. The fourth-order valence-electron chi connectivity index (χ4n) is 9.43. The second kappa shape index (κ2) is 9.00. The summed E-state index contributed by atoms with van der Waals surface area (Å²) in [6.45, 7) is 14.6. The fraction of sp³-hybridized carbons (Fsp3) is 0.931. The predicted octanol–water partition coefficient (Wildman–Crippen LogP) is 7.49. The molecule has 0 amide bonds. The molecule has 4 rings (SSSR count). The Morgan fingerprint density at radius 2 is 1.75 bits per heavy atom. The molecule has 0 aromatic heterocycles. The first kappa shape index (κ1) is 24.7. The zero-order valence-electron chi connectivity index (χ0n) is 21.6. The highest BCUT2D eigenvalue weighted by molar-refractivity contribution is 5.25. The third-order valence-corrected chi connectivity index (χ3v) is 11.6. The Morgan fingerprint density at radius 1 is 1.00 bits per heavy atom. The molecule has 0 aliphatic heterocycles. The van der Waals surface area contributed by atoms with Crippen molar-refractivity contribution in [2.75, 3.05) is 0 Å². The first-order valence-electron chi connectivity index (χ1n) is 13.8. The van der Waals surface area contributed by atoms with Gasteiger partial charge in [0.25, 0.3) is 0 Å². The van der Waals surface area contributed by atoms with Crippen LogP contribution < -0.4 is 0 Å². The number of fused-ring (bicyclic) bond motifs is 5. The van der Waals surface area contributed by atoms with Gasteiger partial charge in [0, 0.05) is 11.8 Å². The van der Waals surface area contributed by atoms with Crippen LogP contribution in [0.5, 0.6) is 0 Å². The second-order valence-electron chi connectivity index (χ2n) is 13.1. The molecule has 0 saturated heterocycles. The monoisotopic (exact) mass is 446 g/mol. The fourth-order valence-corrected chi connectivity index (χ4v) is 9.43. The zero-order valence-corrected chi connectivity index (χ0v) is 21.6. The molecule has 0 radical (unpaired) electrons. The molecule has 32 heavy (non-hydrogen) atoms. The summed E-state index contributed by atoms with van der Waals surface area (Å²) in [5.41, 5.74) is -0.358. The van der Waals surface area contributed by atoms with Gasteiger partial charge in [-0.1, -0.05) is 66.5 Å². The molecule has 4 aliphatic rings. The maximum Gasteiger partial charge on any atom is 0.129 e. The topological polar surface area (TPSA) is 49.7 Å². The van der Waals surface area contributed by atoms with Gasteiger partial charge >= 0.3 is 0 Å². The van der Waals surface area contributed by atoms with Crippen LogP contribution >= 0.6 is 0 Å². The lowest BCUT2D eigenvalue weighted by Crippen LogP contribution is -2.61. The summed E-state index contributed by atoms with van der Waals surface area (Å²) >= 11 is 0. The average Bonchev–Trinajstić information content (AvgIpc) is 3.11. The third-order valence-electron chi connectivity index (χ3n) is 11.6. The van der Waals surface area contributed by atoms with Crippen molar-refractivity contribution in [1.82, 2.24) is 0 Å². The van der Waals surface area contributed by atoms with E-state index in [0.29, 0.717) is 23.7 Å². The first-order chi connectivity index (χ1) is 15.1. The Morgan fingerprint density at radius 3 is 2.41 bits per heavy atom. The lowest BCUT2D eigenvalue weighted by atomic mass is 9.45. The Labute approximate surface area is 197 Å². The van der Waals surface area contributed by atoms with Crippen LogP contribution in [0.4, 0.5) is 0 Å². The van der Waals surface area contributed by atoms with Crippen LogP contribution in [0.1, 0.15) is 106 Å². The van der Waals surface area contributed by atoms with Crippen molar-refractivity contribution in [2.24, 2.45) is 52.3 Å². The highest BCUT2D eigenvalue weighted by Gasteiger charge is 2.64. The molecule has 2 N–H and O–H groups in total. The minimum absolute atomic E-state index is 0.0863. The van der Waals surface area contributed by atoms with Crippen molar-refractivity contribution in [1.29, 1.82) is 0 Å². The third kappa shape index (κ3) is 3.73. The lowest BCUT2D eigenvalue weighted by molar-refractivity contribution is -0.361. The van der Waals surface area contributed by atoms with Gasteiger partial charge in [-0.3, -0.25) is 5.26 Å². The summed E-state index contributed by atoms with van der Waals surface area (Å²) in [6.07, 6.45) is 15.8. The van der Waals surface area contributed by atoms with Gasteiger partial charge in [0.1, 0.15) is 5.60 Å². The maximum atomic E-state index is 10.4. The molecule has 4 aliphatic carbocycles. The van der Waals surface area contributed by atoms with Crippen LogP contribution in [0, 0.1) is 52.3 Å². The molecule has 0 unspecified atom stereocenters. The Bertz CT molecular complexity index is 688. The predicted molar refractivity (Wildman–Crippen MR) is 131 cm³/mol. The molecule has 3 saturated carbocycles. The van der Waals surface area contributed by atoms with Crippen LogP contribution in [0.15, 0.2) is 12.2 Å². The minimum atomic E-state index is -0.711. The van der Waals surface area contributed by atoms with Gasteiger partial charge in [-0.05, 0) is 91.8 Å². The molecule has 3 fully saturated rings. The van der Waals surface area contributed by atoms with Crippen LogP contribution in [-0.2, 0) is 4.89 Å². The summed E-state index contributed by atoms with van der Waals surface area (Å²) in [5, 5.41) is 20.4. The molecular formula is C29H50O3. The molecule has 3 heteroatoms. The van der Waals surface area contributed by atoms with Gasteiger partial charge < -0.3 is 5.11 Å². The van der Waals surface area contributed by atoms with E-state index in [1.54, 1.807) is 0 Å². The van der Waals surface area contributed by atoms with E-state index in [1.807, 2.05) is 0 Å². The Kier molecular flexibility index (Phi) is 6.96. The van der Waals surface area contributed by atoms with E-state index in [4.69, 9.17) is 4.89 Å². The van der Waals surface area contributed by atoms with Crippen molar-refractivity contribution in [3.8, 4) is 0 Å². The van der Waals surface area contributed by atoms with E-state index in [9.17, 15) is 10.4 Å². The van der Waals surface area contributed by atoms with Gasteiger partial charge in [-0.25, -0.2) is 4.89 Å². The van der Waals surface area contributed by atoms with E-state index in [1.165, 1.54) is 44.9 Å².